The average Bonchev–Trinajstić information content (AvgIpc) is 2.89. The van der Waals surface area contributed by atoms with Crippen LogP contribution in [0.1, 0.15) is 116 Å². The van der Waals surface area contributed by atoms with Gasteiger partial charge in [-0.05, 0) is 31.1 Å². The summed E-state index contributed by atoms with van der Waals surface area (Å²) in [5, 5.41) is 19.2. The number of hydrogen-bond acceptors (Lipinski definition) is 7. The van der Waals surface area contributed by atoms with Gasteiger partial charge in [-0.2, -0.15) is 0 Å². The molecule has 2 unspecified atom stereocenters. The molecule has 0 rings (SSSR count). The number of hydrogen-bond donors (Lipinski definition) is 2. The third kappa shape index (κ3) is 24.6. The number of aliphatic hydroxyl groups is 2. The molecular weight excluding hydrogens is 529 g/mol. The van der Waals surface area contributed by atoms with E-state index in [4.69, 9.17) is 9.05 Å². The summed E-state index contributed by atoms with van der Waals surface area (Å²) >= 11 is 0. The van der Waals surface area contributed by atoms with Crippen LogP contribution in [-0.4, -0.2) is 73.6 Å². The lowest BCUT2D eigenvalue weighted by molar-refractivity contribution is -0.870. The van der Waals surface area contributed by atoms with Gasteiger partial charge < -0.3 is 28.6 Å². The van der Waals surface area contributed by atoms with Crippen LogP contribution in [0.25, 0.3) is 0 Å². The molecule has 0 aromatic rings. The number of ketones is 1. The fourth-order valence-electron chi connectivity index (χ4n) is 3.96. The molecule has 9 heteroatoms. The lowest BCUT2D eigenvalue weighted by atomic mass is 10.0. The molecule has 2 N–H and O–H groups in total. The van der Waals surface area contributed by atoms with Crippen LogP contribution in [0.3, 0.4) is 0 Å². The number of phosphoric ester groups is 1. The highest BCUT2D eigenvalue weighted by molar-refractivity contribution is 7.45. The van der Waals surface area contributed by atoms with Gasteiger partial charge in [0.05, 0.1) is 27.7 Å². The van der Waals surface area contributed by atoms with Crippen LogP contribution in [-0.2, 0) is 18.4 Å². The van der Waals surface area contributed by atoms with Crippen molar-refractivity contribution in [3.05, 3.63) is 0 Å². The third-order valence-electron chi connectivity index (χ3n) is 6.48. The van der Waals surface area contributed by atoms with Gasteiger partial charge >= 0.3 is 0 Å². The molecule has 0 heterocycles. The summed E-state index contributed by atoms with van der Waals surface area (Å²) in [6.45, 7) is 1.76. The number of phosphoric acid groups is 1. The molecule has 0 aliphatic heterocycles. The number of carbonyl (C=O) groups is 1. The van der Waals surface area contributed by atoms with Crippen molar-refractivity contribution >= 4 is 13.6 Å². The Morgan fingerprint density at radius 3 is 1.80 bits per heavy atom. The number of rotatable bonds is 25. The molecule has 232 valence electrons. The van der Waals surface area contributed by atoms with E-state index >= 15 is 0 Å². The number of quaternary nitrogens is 1. The van der Waals surface area contributed by atoms with Gasteiger partial charge in [-0.15, -0.1) is 0 Å². The molecule has 8 nitrogen and oxygen atoms in total. The highest BCUT2D eigenvalue weighted by Gasteiger charge is 2.31. The Morgan fingerprint density at radius 2 is 1.32 bits per heavy atom. The minimum Gasteiger partial charge on any atom is -0.756 e. The first-order chi connectivity index (χ1) is 19.0. The van der Waals surface area contributed by atoms with Gasteiger partial charge in [0.1, 0.15) is 19.3 Å². The van der Waals surface area contributed by atoms with Gasteiger partial charge in [-0.1, -0.05) is 89.4 Å². The van der Waals surface area contributed by atoms with E-state index in [-0.39, 0.29) is 13.0 Å². The van der Waals surface area contributed by atoms with Gasteiger partial charge in [-0.3, -0.25) is 9.36 Å². The zero-order chi connectivity index (χ0) is 30.1. The molecule has 0 fully saturated rings. The minimum absolute atomic E-state index is 0.0592. The van der Waals surface area contributed by atoms with Crippen LogP contribution in [0, 0.1) is 23.7 Å². The molecule has 0 aromatic carbocycles. The summed E-state index contributed by atoms with van der Waals surface area (Å²) in [4.78, 5) is 24.6. The third-order valence-corrected chi connectivity index (χ3v) is 7.46. The normalized spacial score (nSPS) is 14.4. The summed E-state index contributed by atoms with van der Waals surface area (Å²) in [6, 6.07) is 0. The van der Waals surface area contributed by atoms with Gasteiger partial charge in [0, 0.05) is 19.3 Å². The van der Waals surface area contributed by atoms with Crippen molar-refractivity contribution in [3.63, 3.8) is 0 Å². The predicted octanol–water partition coefficient (Wildman–Crippen LogP) is 5.14. The molecule has 0 saturated heterocycles. The second-order valence-corrected chi connectivity index (χ2v) is 12.8. The maximum absolute atomic E-state index is 12.5. The van der Waals surface area contributed by atoms with Crippen LogP contribution < -0.4 is 4.89 Å². The highest BCUT2D eigenvalue weighted by Crippen LogP contribution is 2.40. The van der Waals surface area contributed by atoms with Crippen LogP contribution in [0.5, 0.6) is 0 Å². The fraction of sp³-hybridized carbons (Fsp3) is 0.839. The first kappa shape index (κ1) is 38.8. The van der Waals surface area contributed by atoms with Crippen LogP contribution in [0.2, 0.25) is 0 Å². The maximum atomic E-state index is 12.5. The molecular formula is C31H56NO7P. The van der Waals surface area contributed by atoms with E-state index in [1.54, 1.807) is 0 Å². The van der Waals surface area contributed by atoms with Crippen molar-refractivity contribution in [2.24, 2.45) is 0 Å². The van der Waals surface area contributed by atoms with Crippen molar-refractivity contribution < 1.29 is 38.0 Å². The van der Waals surface area contributed by atoms with Crippen molar-refractivity contribution in [1.29, 1.82) is 0 Å². The average molecular weight is 586 g/mol. The minimum atomic E-state index is -4.81. The highest BCUT2D eigenvalue weighted by atomic mass is 31.2. The largest absolute Gasteiger partial charge is 0.756 e. The van der Waals surface area contributed by atoms with E-state index in [0.717, 1.165) is 51.4 Å². The van der Waals surface area contributed by atoms with Crippen LogP contribution in [0.15, 0.2) is 0 Å². The molecule has 0 aromatic heterocycles. The first-order valence-electron chi connectivity index (χ1n) is 15.2. The lowest BCUT2D eigenvalue weighted by Crippen LogP contribution is -2.40. The van der Waals surface area contributed by atoms with E-state index < -0.39 is 32.4 Å². The second-order valence-electron chi connectivity index (χ2n) is 11.5. The lowest BCUT2D eigenvalue weighted by Gasteiger charge is -2.30. The summed E-state index contributed by atoms with van der Waals surface area (Å²) in [5.41, 5.74) is 0. The zero-order valence-electron chi connectivity index (χ0n) is 25.6. The van der Waals surface area contributed by atoms with E-state index in [1.165, 1.54) is 44.9 Å². The fourth-order valence-corrected chi connectivity index (χ4v) is 4.86. The summed E-state index contributed by atoms with van der Waals surface area (Å²) in [6.07, 6.45) is 14.4. The van der Waals surface area contributed by atoms with Crippen molar-refractivity contribution in [1.82, 2.24) is 0 Å². The molecule has 0 amide bonds. The molecule has 0 bridgehead atoms. The summed E-state index contributed by atoms with van der Waals surface area (Å²) in [5.74, 6) is 11.6. The molecule has 0 saturated carbocycles. The second kappa shape index (κ2) is 24.4. The number of likely N-dealkylation sites (N-methyl/N-ethyl adjacent to an activating group) is 1. The van der Waals surface area contributed by atoms with Crippen LogP contribution in [0.4, 0.5) is 0 Å². The van der Waals surface area contributed by atoms with Gasteiger partial charge in [0.15, 0.2) is 11.9 Å². The molecule has 40 heavy (non-hydrogen) atoms. The first-order valence-corrected chi connectivity index (χ1v) is 16.7. The van der Waals surface area contributed by atoms with E-state index in [0.29, 0.717) is 17.4 Å². The molecule has 0 spiro atoms. The Hall–Kier alpha value is -1.22. The van der Waals surface area contributed by atoms with Gasteiger partial charge in [0.2, 0.25) is 0 Å². The van der Waals surface area contributed by atoms with Gasteiger partial charge in [0.25, 0.3) is 7.82 Å². The molecule has 0 aliphatic carbocycles. The quantitative estimate of drug-likeness (QED) is 0.0659. The van der Waals surface area contributed by atoms with Crippen molar-refractivity contribution in [3.8, 4) is 23.7 Å². The monoisotopic (exact) mass is 585 g/mol. The number of carbonyl (C=O) groups excluding carboxylic acids is 1. The Balaban J connectivity index is 3.99. The summed E-state index contributed by atoms with van der Waals surface area (Å²) in [7, 11) is 0.834. The smallest absolute Gasteiger partial charge is 0.268 e. The maximum Gasteiger partial charge on any atom is 0.268 e. The number of Topliss-reactive ketones (excluding diaryl/α,β-unsaturated/α-hetero) is 1. The standard InChI is InChI=1S/C31H56NO7P/c1-5-6-7-8-9-10-11-12-13-14-15-16-17-18-19-20-21-22-23-24-25-29(34)31(30(35)28-33)39-40(36,37)38-27-26-32(2,3)4/h30-31,33,35H,5-13,18-28H2,1-4H3/t30-,31?/m0/s1. The van der Waals surface area contributed by atoms with E-state index in [2.05, 4.69) is 30.6 Å². The molecule has 3 atom stereocenters. The zero-order valence-corrected chi connectivity index (χ0v) is 26.5. The Bertz CT molecular complexity index is 820. The Morgan fingerprint density at radius 1 is 0.850 bits per heavy atom. The van der Waals surface area contributed by atoms with E-state index in [9.17, 15) is 24.5 Å². The Labute approximate surface area is 244 Å². The number of aliphatic hydroxyl groups excluding tert-OH is 2. The van der Waals surface area contributed by atoms with E-state index in [1.807, 2.05) is 21.1 Å². The molecule has 0 aliphatic rings. The number of unbranched alkanes of at least 4 members (excludes halogenated alkanes) is 14. The SMILES string of the molecule is CCCCCCCCCCC#CC#CCCCCCCCCC(=O)C(OP(=O)([O-])OCC[N+](C)(C)C)[C@@H](O)CO. The topological polar surface area (TPSA) is 116 Å². The van der Waals surface area contributed by atoms with Crippen molar-refractivity contribution in [2.75, 3.05) is 40.9 Å². The molecule has 0 radical (unpaired) electrons. The van der Waals surface area contributed by atoms with Crippen molar-refractivity contribution in [2.45, 2.75) is 128 Å². The van der Waals surface area contributed by atoms with Crippen LogP contribution >= 0.6 is 7.82 Å². The summed E-state index contributed by atoms with van der Waals surface area (Å²) < 4.78 is 22.3. The van der Waals surface area contributed by atoms with Gasteiger partial charge in [-0.25, -0.2) is 0 Å². The Kier molecular flexibility index (Phi) is 23.6. The number of nitrogens with zero attached hydrogens (tertiary/aromatic N) is 1. The predicted molar refractivity (Wildman–Crippen MR) is 159 cm³/mol.